The van der Waals surface area contributed by atoms with Gasteiger partial charge in [-0.25, -0.2) is 9.18 Å². The van der Waals surface area contributed by atoms with E-state index in [0.717, 1.165) is 30.2 Å². The molecule has 2 fully saturated rings. The Balaban J connectivity index is 1.60. The lowest BCUT2D eigenvalue weighted by Crippen LogP contribution is -2.52. The lowest BCUT2D eigenvalue weighted by Gasteiger charge is -2.34. The zero-order valence-electron chi connectivity index (χ0n) is 21.5. The van der Waals surface area contributed by atoms with Gasteiger partial charge in [-0.2, -0.15) is 4.98 Å². The van der Waals surface area contributed by atoms with Crippen LogP contribution in [0.2, 0.25) is 5.02 Å². The first-order chi connectivity index (χ1) is 18.3. The van der Waals surface area contributed by atoms with Gasteiger partial charge in [0.1, 0.15) is 11.6 Å². The molecule has 1 aromatic heterocycles. The van der Waals surface area contributed by atoms with Crippen molar-refractivity contribution in [1.82, 2.24) is 19.8 Å². The lowest BCUT2D eigenvalue weighted by molar-refractivity contribution is 0.385. The predicted molar refractivity (Wildman–Crippen MR) is 151 cm³/mol. The molecule has 0 spiro atoms. The maximum absolute atomic E-state index is 16.8. The van der Waals surface area contributed by atoms with Gasteiger partial charge in [0.2, 0.25) is 0 Å². The largest absolute Gasteiger partial charge is 0.508 e. The molecule has 0 aliphatic carbocycles. The molecular formula is C29H31ClFN5O2. The normalized spacial score (nSPS) is 19.2. The van der Waals surface area contributed by atoms with E-state index in [4.69, 9.17) is 11.6 Å². The van der Waals surface area contributed by atoms with Crippen LogP contribution in [-0.4, -0.2) is 65.4 Å². The lowest BCUT2D eigenvalue weighted by atomic mass is 9.96. The number of hydrogen-bond acceptors (Lipinski definition) is 6. The Kier molecular flexibility index (Phi) is 6.50. The Morgan fingerprint density at radius 2 is 1.87 bits per heavy atom. The van der Waals surface area contributed by atoms with E-state index in [0.29, 0.717) is 54.9 Å². The summed E-state index contributed by atoms with van der Waals surface area (Å²) in [6.45, 7) is 2.49. The van der Waals surface area contributed by atoms with Gasteiger partial charge in [-0.3, -0.25) is 4.57 Å². The molecule has 2 atom stereocenters. The average molecular weight is 536 g/mol. The van der Waals surface area contributed by atoms with E-state index in [2.05, 4.69) is 15.2 Å². The van der Waals surface area contributed by atoms with E-state index in [-0.39, 0.29) is 21.9 Å². The number of halogens is 2. The fourth-order valence-electron chi connectivity index (χ4n) is 6.06. The van der Waals surface area contributed by atoms with Crippen LogP contribution in [0.4, 0.5) is 10.2 Å². The van der Waals surface area contributed by atoms with Crippen LogP contribution in [0.3, 0.4) is 0 Å². The molecule has 2 saturated heterocycles. The van der Waals surface area contributed by atoms with E-state index >= 15 is 4.39 Å². The molecule has 2 bridgehead atoms. The van der Waals surface area contributed by atoms with Crippen molar-refractivity contribution in [2.75, 3.05) is 38.6 Å². The summed E-state index contributed by atoms with van der Waals surface area (Å²) in [7, 11) is 3.93. The standard InChI is InChI=1S/C29H31ClFN5O2/c1-34(2)10-5-11-36-27-23(28(33-29(36)38)35-15-18-8-9-19(16-35)32-18)14-24(30)25(26(27)31)22-13-20(37)12-17-6-3-4-7-21(17)22/h3-4,6-7,12-14,18-19,32,37H,5,8-11,15-16H2,1-2H3. The van der Waals surface area contributed by atoms with Crippen molar-refractivity contribution < 1.29 is 9.50 Å². The second kappa shape index (κ2) is 9.84. The summed E-state index contributed by atoms with van der Waals surface area (Å²) in [5, 5.41) is 16.3. The number of phenols is 1. The Labute approximate surface area is 225 Å². The summed E-state index contributed by atoms with van der Waals surface area (Å²) in [6, 6.07) is 13.0. The number of phenolic OH excluding ortho intramolecular Hbond substituents is 1. The molecule has 198 valence electrons. The third-order valence-electron chi connectivity index (χ3n) is 7.75. The van der Waals surface area contributed by atoms with E-state index in [1.54, 1.807) is 12.1 Å². The molecule has 6 rings (SSSR count). The number of nitrogens with zero attached hydrogens (tertiary/aromatic N) is 4. The average Bonchev–Trinajstić information content (AvgIpc) is 3.22. The molecule has 0 amide bonds. The fraction of sp³-hybridized carbons (Fsp3) is 0.379. The molecular weight excluding hydrogens is 505 g/mol. The second-order valence-corrected chi connectivity index (χ2v) is 11.1. The maximum Gasteiger partial charge on any atom is 0.350 e. The first-order valence-corrected chi connectivity index (χ1v) is 13.5. The number of rotatable bonds is 6. The van der Waals surface area contributed by atoms with Crippen molar-refractivity contribution >= 4 is 39.1 Å². The van der Waals surface area contributed by atoms with Crippen LogP contribution in [0.1, 0.15) is 19.3 Å². The molecule has 2 aliphatic heterocycles. The minimum atomic E-state index is -0.577. The fourth-order valence-corrected chi connectivity index (χ4v) is 6.36. The first kappa shape index (κ1) is 25.1. The predicted octanol–water partition coefficient (Wildman–Crippen LogP) is 4.61. The zero-order chi connectivity index (χ0) is 26.6. The smallest absolute Gasteiger partial charge is 0.350 e. The topological polar surface area (TPSA) is 73.6 Å². The number of aryl methyl sites for hydroxylation is 1. The SMILES string of the molecule is CN(C)CCCn1c(=O)nc(N2CC3CCC(C2)N3)c2cc(Cl)c(-c3cc(O)cc4ccccc34)c(F)c21. The molecule has 38 heavy (non-hydrogen) atoms. The molecule has 4 aromatic rings. The molecule has 0 radical (unpaired) electrons. The molecule has 2 N–H and O–H groups in total. The molecule has 9 heteroatoms. The number of nitrogens with one attached hydrogen (secondary N) is 1. The van der Waals surface area contributed by atoms with Crippen LogP contribution < -0.4 is 15.9 Å². The van der Waals surface area contributed by atoms with Gasteiger partial charge < -0.3 is 20.2 Å². The summed E-state index contributed by atoms with van der Waals surface area (Å²) in [5.74, 6) is -0.0725. The Morgan fingerprint density at radius 3 is 2.61 bits per heavy atom. The van der Waals surface area contributed by atoms with E-state index in [1.165, 1.54) is 10.6 Å². The van der Waals surface area contributed by atoms with Gasteiger partial charge in [-0.05, 0) is 74.4 Å². The van der Waals surface area contributed by atoms with Crippen LogP contribution >= 0.6 is 11.6 Å². The number of hydrogen-bond donors (Lipinski definition) is 2. The number of fused-ring (bicyclic) bond motifs is 4. The van der Waals surface area contributed by atoms with Gasteiger partial charge in [0.15, 0.2) is 5.82 Å². The van der Waals surface area contributed by atoms with Crippen molar-refractivity contribution in [3.8, 4) is 16.9 Å². The first-order valence-electron chi connectivity index (χ1n) is 13.1. The van der Waals surface area contributed by atoms with Crippen LogP contribution in [0.25, 0.3) is 32.8 Å². The van der Waals surface area contributed by atoms with Gasteiger partial charge in [0.05, 0.1) is 10.5 Å². The number of benzene rings is 3. The third-order valence-corrected chi connectivity index (χ3v) is 8.05. The van der Waals surface area contributed by atoms with E-state index in [1.807, 2.05) is 43.3 Å². The third kappa shape index (κ3) is 4.40. The Hall–Kier alpha value is -3.20. The van der Waals surface area contributed by atoms with Crippen LogP contribution in [-0.2, 0) is 6.54 Å². The van der Waals surface area contributed by atoms with Crippen molar-refractivity contribution in [3.05, 3.63) is 63.8 Å². The van der Waals surface area contributed by atoms with Gasteiger partial charge in [0.25, 0.3) is 0 Å². The summed E-state index contributed by atoms with van der Waals surface area (Å²) in [5.41, 5.74) is 0.391. The van der Waals surface area contributed by atoms with Crippen molar-refractivity contribution in [2.45, 2.75) is 37.9 Å². The van der Waals surface area contributed by atoms with Crippen LogP contribution in [0.15, 0.2) is 47.3 Å². The van der Waals surface area contributed by atoms with Gasteiger partial charge in [-0.15, -0.1) is 0 Å². The molecule has 3 aromatic carbocycles. The van der Waals surface area contributed by atoms with Crippen molar-refractivity contribution in [2.24, 2.45) is 0 Å². The summed E-state index contributed by atoms with van der Waals surface area (Å²) >= 11 is 6.84. The zero-order valence-corrected chi connectivity index (χ0v) is 22.3. The number of piperazine rings is 1. The minimum absolute atomic E-state index is 0.0179. The summed E-state index contributed by atoms with van der Waals surface area (Å²) < 4.78 is 18.3. The van der Waals surface area contributed by atoms with Crippen molar-refractivity contribution in [1.29, 1.82) is 0 Å². The Morgan fingerprint density at radius 1 is 1.13 bits per heavy atom. The highest BCUT2D eigenvalue weighted by Gasteiger charge is 2.34. The van der Waals surface area contributed by atoms with Gasteiger partial charge in [0, 0.05) is 42.7 Å². The number of aromatic nitrogens is 2. The molecule has 0 saturated carbocycles. The van der Waals surface area contributed by atoms with Crippen LogP contribution in [0.5, 0.6) is 5.75 Å². The Bertz CT molecular complexity index is 1590. The maximum atomic E-state index is 16.8. The minimum Gasteiger partial charge on any atom is -0.508 e. The van der Waals surface area contributed by atoms with E-state index in [9.17, 15) is 9.90 Å². The highest BCUT2D eigenvalue weighted by atomic mass is 35.5. The number of aromatic hydroxyl groups is 1. The summed E-state index contributed by atoms with van der Waals surface area (Å²) in [6.07, 6.45) is 2.81. The van der Waals surface area contributed by atoms with Crippen LogP contribution in [0, 0.1) is 5.82 Å². The molecule has 2 unspecified atom stereocenters. The van der Waals surface area contributed by atoms with E-state index < -0.39 is 11.5 Å². The van der Waals surface area contributed by atoms with Crippen molar-refractivity contribution in [3.63, 3.8) is 0 Å². The monoisotopic (exact) mass is 535 g/mol. The van der Waals surface area contributed by atoms with Gasteiger partial charge >= 0.3 is 5.69 Å². The quantitative estimate of drug-likeness (QED) is 0.376. The highest BCUT2D eigenvalue weighted by Crippen LogP contribution is 2.42. The molecule has 3 heterocycles. The highest BCUT2D eigenvalue weighted by molar-refractivity contribution is 6.35. The summed E-state index contributed by atoms with van der Waals surface area (Å²) in [4.78, 5) is 22.1. The second-order valence-electron chi connectivity index (χ2n) is 10.7. The van der Waals surface area contributed by atoms with Gasteiger partial charge in [-0.1, -0.05) is 35.9 Å². The molecule has 7 nitrogen and oxygen atoms in total. The molecule has 2 aliphatic rings. The number of anilines is 1.